The van der Waals surface area contributed by atoms with E-state index in [1.807, 2.05) is 0 Å². The Morgan fingerprint density at radius 3 is 2.30 bits per heavy atom. The van der Waals surface area contributed by atoms with E-state index in [1.165, 1.54) is 0 Å². The Hall–Kier alpha value is -0.610. The predicted molar refractivity (Wildman–Crippen MR) is 32.6 cm³/mol. The largest absolute Gasteiger partial charge is 0.481 e. The molecule has 0 aromatic carbocycles. The topological polar surface area (TPSA) is 66.8 Å². The molecule has 0 atom stereocenters. The van der Waals surface area contributed by atoms with Gasteiger partial charge in [-0.1, -0.05) is 0 Å². The van der Waals surface area contributed by atoms with E-state index >= 15 is 0 Å². The Balaban J connectivity index is 2.40. The molecule has 0 spiro atoms. The third-order valence-electron chi connectivity index (χ3n) is 1.68. The van der Waals surface area contributed by atoms with Crippen molar-refractivity contribution in [3.63, 3.8) is 0 Å². The van der Waals surface area contributed by atoms with Gasteiger partial charge in [0.15, 0.2) is 0 Å². The van der Waals surface area contributed by atoms with E-state index in [2.05, 4.69) is 0 Å². The van der Waals surface area contributed by atoms with E-state index in [4.69, 9.17) is 14.9 Å². The molecule has 0 bridgehead atoms. The molecule has 4 heteroatoms. The summed E-state index contributed by atoms with van der Waals surface area (Å²) in [4.78, 5) is 10.2. The lowest BCUT2D eigenvalue weighted by atomic mass is 9.83. The van der Waals surface area contributed by atoms with Crippen LogP contribution in [0.4, 0.5) is 0 Å². The number of carbonyl (C=O) groups is 1. The Morgan fingerprint density at radius 2 is 2.20 bits per heavy atom. The molecule has 10 heavy (non-hydrogen) atoms. The monoisotopic (exact) mass is 146 g/mol. The number of aliphatic hydroxyl groups is 1. The van der Waals surface area contributed by atoms with Crippen molar-refractivity contribution in [3.8, 4) is 0 Å². The smallest absolute Gasteiger partial charge is 0.304 e. The Morgan fingerprint density at radius 1 is 1.60 bits per heavy atom. The normalized spacial score (nSPS) is 21.7. The highest BCUT2D eigenvalue weighted by Gasteiger charge is 2.39. The number of carboxylic acid groups (broad SMARTS) is 1. The van der Waals surface area contributed by atoms with Gasteiger partial charge in [-0.2, -0.15) is 0 Å². The first-order valence-corrected chi connectivity index (χ1v) is 3.09. The Labute approximate surface area is 58.4 Å². The maximum absolute atomic E-state index is 10.2. The van der Waals surface area contributed by atoms with Gasteiger partial charge in [0.05, 0.1) is 31.7 Å². The van der Waals surface area contributed by atoms with Crippen molar-refractivity contribution < 1.29 is 19.7 Å². The van der Waals surface area contributed by atoms with Gasteiger partial charge in [-0.15, -0.1) is 0 Å². The highest BCUT2D eigenvalue weighted by Crippen LogP contribution is 2.30. The van der Waals surface area contributed by atoms with Crippen LogP contribution in [0.15, 0.2) is 0 Å². The van der Waals surface area contributed by atoms with Crippen LogP contribution in [-0.2, 0) is 9.53 Å². The number of rotatable bonds is 3. The molecule has 0 aromatic rings. The summed E-state index contributed by atoms with van der Waals surface area (Å²) in [5.41, 5.74) is -0.480. The fourth-order valence-electron chi connectivity index (χ4n) is 0.961. The highest BCUT2D eigenvalue weighted by atomic mass is 16.5. The van der Waals surface area contributed by atoms with Gasteiger partial charge >= 0.3 is 5.97 Å². The third kappa shape index (κ3) is 1.27. The maximum Gasteiger partial charge on any atom is 0.304 e. The van der Waals surface area contributed by atoms with Gasteiger partial charge in [-0.25, -0.2) is 0 Å². The summed E-state index contributed by atoms with van der Waals surface area (Å²) in [6.45, 7) is 0.644. The molecule has 0 amide bonds. The fraction of sp³-hybridized carbons (Fsp3) is 0.833. The zero-order valence-corrected chi connectivity index (χ0v) is 5.54. The van der Waals surface area contributed by atoms with Gasteiger partial charge in [-0.3, -0.25) is 4.79 Å². The fourth-order valence-corrected chi connectivity index (χ4v) is 0.961. The zero-order chi connectivity index (χ0) is 7.61. The SMILES string of the molecule is O=C(O)CC1(CO)COC1. The summed E-state index contributed by atoms with van der Waals surface area (Å²) >= 11 is 0. The summed E-state index contributed by atoms with van der Waals surface area (Å²) in [5, 5.41) is 17.1. The van der Waals surface area contributed by atoms with Gasteiger partial charge in [0.25, 0.3) is 0 Å². The predicted octanol–water partition coefficient (Wildman–Crippen LogP) is -0.530. The quantitative estimate of drug-likeness (QED) is 0.561. The van der Waals surface area contributed by atoms with E-state index in [0.29, 0.717) is 13.2 Å². The highest BCUT2D eigenvalue weighted by molar-refractivity contribution is 5.67. The molecule has 2 N–H and O–H groups in total. The molecule has 58 valence electrons. The van der Waals surface area contributed by atoms with Crippen LogP contribution in [0.25, 0.3) is 0 Å². The maximum atomic E-state index is 10.2. The molecule has 0 aliphatic carbocycles. The van der Waals surface area contributed by atoms with Crippen molar-refractivity contribution in [1.29, 1.82) is 0 Å². The molecular formula is C6H10O4. The average Bonchev–Trinajstić information content (AvgIpc) is 1.78. The van der Waals surface area contributed by atoms with Crippen LogP contribution in [0.5, 0.6) is 0 Å². The second-order valence-electron chi connectivity index (χ2n) is 2.72. The molecule has 1 aliphatic heterocycles. The standard InChI is InChI=1S/C6H10O4/c7-2-6(1-5(8)9)3-10-4-6/h7H,1-4H2,(H,8,9). The van der Waals surface area contributed by atoms with E-state index in [-0.39, 0.29) is 13.0 Å². The van der Waals surface area contributed by atoms with E-state index in [0.717, 1.165) is 0 Å². The molecule has 1 aliphatic rings. The van der Waals surface area contributed by atoms with E-state index < -0.39 is 11.4 Å². The first kappa shape index (κ1) is 7.50. The summed E-state index contributed by atoms with van der Waals surface area (Å²) in [7, 11) is 0. The molecule has 1 saturated heterocycles. The van der Waals surface area contributed by atoms with Crippen molar-refractivity contribution in [2.24, 2.45) is 5.41 Å². The average molecular weight is 146 g/mol. The minimum atomic E-state index is -0.877. The number of aliphatic hydroxyl groups excluding tert-OH is 1. The molecule has 0 unspecified atom stereocenters. The molecule has 0 aromatic heterocycles. The third-order valence-corrected chi connectivity index (χ3v) is 1.68. The second kappa shape index (κ2) is 2.56. The number of ether oxygens (including phenoxy) is 1. The molecule has 0 radical (unpaired) electrons. The van der Waals surface area contributed by atoms with Crippen LogP contribution in [0.2, 0.25) is 0 Å². The lowest BCUT2D eigenvalue weighted by molar-refractivity contribution is -0.165. The van der Waals surface area contributed by atoms with Crippen molar-refractivity contribution >= 4 is 5.97 Å². The van der Waals surface area contributed by atoms with Crippen LogP contribution < -0.4 is 0 Å². The van der Waals surface area contributed by atoms with E-state index in [1.54, 1.807) is 0 Å². The number of aliphatic carboxylic acids is 1. The molecule has 1 heterocycles. The number of hydrogen-bond donors (Lipinski definition) is 2. The van der Waals surface area contributed by atoms with Gasteiger partial charge in [0.2, 0.25) is 0 Å². The van der Waals surface area contributed by atoms with Crippen molar-refractivity contribution in [3.05, 3.63) is 0 Å². The van der Waals surface area contributed by atoms with Crippen LogP contribution in [0.3, 0.4) is 0 Å². The number of carboxylic acids is 1. The lowest BCUT2D eigenvalue weighted by Crippen LogP contribution is -2.47. The van der Waals surface area contributed by atoms with Crippen LogP contribution in [0, 0.1) is 5.41 Å². The Bertz CT molecular complexity index is 133. The van der Waals surface area contributed by atoms with Gasteiger partial charge < -0.3 is 14.9 Å². The first-order valence-electron chi connectivity index (χ1n) is 3.09. The van der Waals surface area contributed by atoms with Crippen molar-refractivity contribution in [1.82, 2.24) is 0 Å². The first-order chi connectivity index (χ1) is 4.68. The summed E-state index contributed by atoms with van der Waals surface area (Å²) in [5.74, 6) is -0.877. The summed E-state index contributed by atoms with van der Waals surface area (Å²) in [6, 6.07) is 0. The Kier molecular flexibility index (Phi) is 1.92. The van der Waals surface area contributed by atoms with Gasteiger partial charge in [0, 0.05) is 0 Å². The molecular weight excluding hydrogens is 136 g/mol. The minimum absolute atomic E-state index is 0.00347. The van der Waals surface area contributed by atoms with Crippen molar-refractivity contribution in [2.45, 2.75) is 6.42 Å². The molecule has 4 nitrogen and oxygen atoms in total. The summed E-state index contributed by atoms with van der Waals surface area (Å²) in [6.07, 6.45) is 0.00347. The second-order valence-corrected chi connectivity index (χ2v) is 2.72. The molecule has 1 rings (SSSR count). The van der Waals surface area contributed by atoms with Crippen LogP contribution >= 0.6 is 0 Å². The summed E-state index contributed by atoms with van der Waals surface area (Å²) < 4.78 is 4.81. The van der Waals surface area contributed by atoms with Crippen LogP contribution in [0.1, 0.15) is 6.42 Å². The lowest BCUT2D eigenvalue weighted by Gasteiger charge is -2.38. The van der Waals surface area contributed by atoms with Crippen LogP contribution in [-0.4, -0.2) is 36.0 Å². The molecule has 0 saturated carbocycles. The van der Waals surface area contributed by atoms with Gasteiger partial charge in [-0.05, 0) is 0 Å². The van der Waals surface area contributed by atoms with E-state index in [9.17, 15) is 4.79 Å². The van der Waals surface area contributed by atoms with Gasteiger partial charge in [0.1, 0.15) is 0 Å². The minimum Gasteiger partial charge on any atom is -0.481 e. The zero-order valence-electron chi connectivity index (χ0n) is 5.54. The molecule has 1 fully saturated rings. The van der Waals surface area contributed by atoms with Crippen molar-refractivity contribution in [2.75, 3.05) is 19.8 Å². The number of hydrogen-bond acceptors (Lipinski definition) is 3.